The van der Waals surface area contributed by atoms with E-state index in [0.29, 0.717) is 4.48 Å². The minimum Gasteiger partial charge on any atom is -0.236 e. The zero-order valence-corrected chi connectivity index (χ0v) is 17.1. The highest BCUT2D eigenvalue weighted by atomic mass is 19.4. The van der Waals surface area contributed by atoms with E-state index >= 15 is 0 Å². The first-order valence-corrected chi connectivity index (χ1v) is 10.2. The number of piperidine rings is 1. The van der Waals surface area contributed by atoms with E-state index < -0.39 is 11.7 Å². The highest BCUT2D eigenvalue weighted by Crippen LogP contribution is 2.47. The Labute approximate surface area is 170 Å². The lowest BCUT2D eigenvalue weighted by atomic mass is 9.82. The monoisotopic (exact) mass is 398 g/mol. The summed E-state index contributed by atoms with van der Waals surface area (Å²) < 4.78 is 39.5. The quantitative estimate of drug-likeness (QED) is 0.466. The van der Waals surface area contributed by atoms with Gasteiger partial charge < -0.3 is 0 Å². The number of fused-ring (bicyclic) bond motifs is 1. The van der Waals surface area contributed by atoms with Crippen LogP contribution in [0.15, 0.2) is 72.6 Å². The SMILES string of the molecule is CC(C)(C)c1ccc(C2CCC[N+]3(c4ccc(C(F)(F)F)cc4)C=CC=C23)cc1. The maximum atomic E-state index is 13.0. The minimum atomic E-state index is -4.31. The third-order valence-electron chi connectivity index (χ3n) is 6.26. The van der Waals surface area contributed by atoms with Gasteiger partial charge >= 0.3 is 6.18 Å². The molecule has 0 amide bonds. The molecule has 2 aromatic carbocycles. The van der Waals surface area contributed by atoms with E-state index in [2.05, 4.69) is 63.4 Å². The second-order valence-electron chi connectivity index (χ2n) is 9.14. The van der Waals surface area contributed by atoms with Crippen LogP contribution in [0.25, 0.3) is 0 Å². The van der Waals surface area contributed by atoms with E-state index in [-0.39, 0.29) is 11.3 Å². The summed E-state index contributed by atoms with van der Waals surface area (Å²) in [5.74, 6) is 0.273. The van der Waals surface area contributed by atoms with Gasteiger partial charge in [0, 0.05) is 18.2 Å². The van der Waals surface area contributed by atoms with Gasteiger partial charge in [-0.05, 0) is 47.6 Å². The first-order valence-electron chi connectivity index (χ1n) is 10.2. The number of hydrogen-bond acceptors (Lipinski definition) is 0. The van der Waals surface area contributed by atoms with Gasteiger partial charge in [-0.1, -0.05) is 45.0 Å². The zero-order chi connectivity index (χ0) is 20.9. The fourth-order valence-corrected chi connectivity index (χ4v) is 4.63. The second kappa shape index (κ2) is 6.88. The van der Waals surface area contributed by atoms with Gasteiger partial charge in [0.05, 0.1) is 18.0 Å². The Morgan fingerprint density at radius 3 is 2.07 bits per heavy atom. The molecule has 0 saturated carbocycles. The smallest absolute Gasteiger partial charge is 0.236 e. The van der Waals surface area contributed by atoms with Crippen LogP contribution < -0.4 is 4.48 Å². The van der Waals surface area contributed by atoms with E-state index in [1.54, 1.807) is 12.1 Å². The molecule has 4 heteroatoms. The molecule has 1 saturated heterocycles. The van der Waals surface area contributed by atoms with Crippen molar-refractivity contribution in [1.82, 2.24) is 4.48 Å². The van der Waals surface area contributed by atoms with Gasteiger partial charge in [-0.25, -0.2) is 4.48 Å². The lowest BCUT2D eigenvalue weighted by Gasteiger charge is -2.41. The Balaban J connectivity index is 1.68. The van der Waals surface area contributed by atoms with Gasteiger partial charge in [0.25, 0.3) is 0 Å². The highest BCUT2D eigenvalue weighted by Gasteiger charge is 2.44. The van der Waals surface area contributed by atoms with Crippen LogP contribution in [0.1, 0.15) is 56.2 Å². The molecule has 0 bridgehead atoms. The third-order valence-corrected chi connectivity index (χ3v) is 6.26. The van der Waals surface area contributed by atoms with E-state index in [4.69, 9.17) is 0 Å². The molecule has 0 aromatic heterocycles. The molecule has 2 unspecified atom stereocenters. The summed E-state index contributed by atoms with van der Waals surface area (Å²) in [6.45, 7) is 7.50. The fraction of sp³-hybridized carbons (Fsp3) is 0.360. The van der Waals surface area contributed by atoms with Crippen molar-refractivity contribution < 1.29 is 13.2 Å². The first kappa shape index (κ1) is 20.0. The molecule has 2 aromatic rings. The van der Waals surface area contributed by atoms with Crippen LogP contribution in [0.5, 0.6) is 0 Å². The van der Waals surface area contributed by atoms with Crippen molar-refractivity contribution in [1.29, 1.82) is 0 Å². The van der Waals surface area contributed by atoms with Gasteiger partial charge in [0.1, 0.15) is 17.6 Å². The van der Waals surface area contributed by atoms with Crippen molar-refractivity contribution in [3.05, 3.63) is 89.3 Å². The van der Waals surface area contributed by atoms with Crippen LogP contribution in [0.3, 0.4) is 0 Å². The molecule has 0 spiro atoms. The molecule has 2 aliphatic rings. The van der Waals surface area contributed by atoms with Crippen LogP contribution in [-0.2, 0) is 11.6 Å². The van der Waals surface area contributed by atoms with Crippen LogP contribution in [0.2, 0.25) is 0 Å². The second-order valence-corrected chi connectivity index (χ2v) is 9.14. The van der Waals surface area contributed by atoms with Gasteiger partial charge in [0.2, 0.25) is 0 Å². The average molecular weight is 398 g/mol. The van der Waals surface area contributed by atoms with E-state index in [9.17, 15) is 13.2 Å². The number of hydrogen-bond donors (Lipinski definition) is 0. The van der Waals surface area contributed by atoms with Crippen LogP contribution in [0, 0.1) is 0 Å². The maximum absolute atomic E-state index is 13.0. The van der Waals surface area contributed by atoms with Gasteiger partial charge in [0.15, 0.2) is 0 Å². The maximum Gasteiger partial charge on any atom is 0.416 e. The molecule has 2 heterocycles. The Hall–Kier alpha value is -2.33. The molecule has 2 aliphatic heterocycles. The number of halogens is 3. The summed E-state index contributed by atoms with van der Waals surface area (Å²) >= 11 is 0. The zero-order valence-electron chi connectivity index (χ0n) is 17.1. The highest BCUT2D eigenvalue weighted by molar-refractivity contribution is 5.58. The average Bonchev–Trinajstić information content (AvgIpc) is 3.12. The Kier molecular flexibility index (Phi) is 4.73. The van der Waals surface area contributed by atoms with Crippen LogP contribution in [0.4, 0.5) is 18.9 Å². The van der Waals surface area contributed by atoms with Crippen LogP contribution >= 0.6 is 0 Å². The van der Waals surface area contributed by atoms with E-state index in [1.807, 2.05) is 0 Å². The number of quaternary nitrogens is 1. The summed E-state index contributed by atoms with van der Waals surface area (Å²) in [5.41, 5.74) is 4.24. The Morgan fingerprint density at radius 1 is 0.862 bits per heavy atom. The summed E-state index contributed by atoms with van der Waals surface area (Å²) in [4.78, 5) is 0. The Bertz CT molecular complexity index is 944. The third kappa shape index (κ3) is 3.55. The molecule has 0 radical (unpaired) electrons. The lowest BCUT2D eigenvalue weighted by Crippen LogP contribution is -2.47. The van der Waals surface area contributed by atoms with E-state index in [0.717, 1.165) is 25.1 Å². The number of rotatable bonds is 2. The van der Waals surface area contributed by atoms with E-state index in [1.165, 1.54) is 29.0 Å². The molecular formula is C25H27F3N+. The van der Waals surface area contributed by atoms with Crippen molar-refractivity contribution in [2.24, 2.45) is 0 Å². The molecule has 1 nitrogen and oxygen atoms in total. The van der Waals surface area contributed by atoms with Gasteiger partial charge in [-0.15, -0.1) is 0 Å². The van der Waals surface area contributed by atoms with Crippen molar-refractivity contribution in [3.63, 3.8) is 0 Å². The van der Waals surface area contributed by atoms with Gasteiger partial charge in [-0.2, -0.15) is 13.2 Å². The molecule has 1 fully saturated rings. The lowest BCUT2D eigenvalue weighted by molar-refractivity contribution is -0.137. The number of benzene rings is 2. The molecular weight excluding hydrogens is 371 g/mol. The molecule has 29 heavy (non-hydrogen) atoms. The summed E-state index contributed by atoms with van der Waals surface area (Å²) in [6.07, 6.45) is 4.09. The summed E-state index contributed by atoms with van der Waals surface area (Å²) in [6, 6.07) is 14.5. The normalized spacial score (nSPS) is 24.3. The minimum absolute atomic E-state index is 0.110. The topological polar surface area (TPSA) is 0 Å². The predicted octanol–water partition coefficient (Wildman–Crippen LogP) is 7.30. The number of nitrogens with zero attached hydrogens (tertiary/aromatic N) is 1. The van der Waals surface area contributed by atoms with Crippen molar-refractivity contribution in [2.75, 3.05) is 6.54 Å². The molecule has 152 valence electrons. The summed E-state index contributed by atoms with van der Waals surface area (Å²) in [5, 5.41) is 0. The molecule has 0 N–H and O–H groups in total. The largest absolute Gasteiger partial charge is 0.416 e. The Morgan fingerprint density at radius 2 is 1.48 bits per heavy atom. The number of alkyl halides is 3. The number of allylic oxidation sites excluding steroid dienone is 3. The first-order chi connectivity index (χ1) is 13.6. The molecule has 4 rings (SSSR count). The van der Waals surface area contributed by atoms with Crippen molar-refractivity contribution >= 4 is 5.69 Å². The van der Waals surface area contributed by atoms with Crippen molar-refractivity contribution in [2.45, 2.75) is 51.1 Å². The molecule has 2 atom stereocenters. The molecule has 0 aliphatic carbocycles. The van der Waals surface area contributed by atoms with Crippen LogP contribution in [-0.4, -0.2) is 6.54 Å². The summed E-state index contributed by atoms with van der Waals surface area (Å²) in [7, 11) is 0. The fourth-order valence-electron chi connectivity index (χ4n) is 4.63. The van der Waals surface area contributed by atoms with Crippen molar-refractivity contribution in [3.8, 4) is 0 Å². The standard InChI is InChI=1S/C25H27F3N/c1-24(2,3)19-10-8-18(9-11-19)22-6-4-16-29(17-5-7-23(22)29)21-14-12-20(13-15-21)25(26,27)28/h5,7-15,17,22H,4,6,16H2,1-3H3/q+1. The van der Waals surface area contributed by atoms with Gasteiger partial charge in [-0.3, -0.25) is 0 Å². The predicted molar refractivity (Wildman–Crippen MR) is 112 cm³/mol.